The van der Waals surface area contributed by atoms with Gasteiger partial charge in [-0.1, -0.05) is 36.4 Å². The second kappa shape index (κ2) is 8.72. The van der Waals surface area contributed by atoms with Crippen molar-refractivity contribution >= 4 is 11.7 Å². The summed E-state index contributed by atoms with van der Waals surface area (Å²) in [6.07, 6.45) is 0. The van der Waals surface area contributed by atoms with E-state index in [2.05, 4.69) is 12.6 Å². The zero-order chi connectivity index (χ0) is 19.1. The van der Waals surface area contributed by atoms with Crippen LogP contribution < -0.4 is 9.64 Å². The molecule has 0 saturated carbocycles. The van der Waals surface area contributed by atoms with Crippen LogP contribution in [0.4, 0.5) is 5.69 Å². The summed E-state index contributed by atoms with van der Waals surface area (Å²) in [7, 11) is 2.91. The molecule has 0 aliphatic heterocycles. The van der Waals surface area contributed by atoms with Gasteiger partial charge in [0.2, 0.25) is 0 Å². The Morgan fingerprint density at radius 2 is 1.77 bits per heavy atom. The summed E-state index contributed by atoms with van der Waals surface area (Å²) >= 11 is 0. The number of aryl methyl sites for hydroxylation is 1. The SMILES string of the molecule is C=C(CN(c1ccc(OC)cc1)C(C#N)c1ccc(C)cc1)C(=O)OC. The van der Waals surface area contributed by atoms with E-state index in [1.165, 1.54) is 7.11 Å². The second-order valence-corrected chi connectivity index (χ2v) is 5.86. The van der Waals surface area contributed by atoms with Crippen LogP contribution >= 0.6 is 0 Å². The van der Waals surface area contributed by atoms with Crippen molar-refractivity contribution in [1.29, 1.82) is 5.26 Å². The van der Waals surface area contributed by atoms with Crippen LogP contribution in [0.15, 0.2) is 60.7 Å². The maximum Gasteiger partial charge on any atom is 0.334 e. The number of rotatable bonds is 7. The Kier molecular flexibility index (Phi) is 6.40. The number of benzene rings is 2. The molecule has 0 aliphatic carbocycles. The lowest BCUT2D eigenvalue weighted by Gasteiger charge is -2.30. The van der Waals surface area contributed by atoms with Crippen LogP contribution in [-0.2, 0) is 9.53 Å². The quantitative estimate of drug-likeness (QED) is 0.561. The Hall–Kier alpha value is -3.26. The minimum Gasteiger partial charge on any atom is -0.497 e. The molecule has 0 bridgehead atoms. The van der Waals surface area contributed by atoms with E-state index >= 15 is 0 Å². The average Bonchev–Trinajstić information content (AvgIpc) is 2.68. The Labute approximate surface area is 154 Å². The molecule has 1 unspecified atom stereocenters. The van der Waals surface area contributed by atoms with Crippen molar-refractivity contribution in [3.8, 4) is 11.8 Å². The fourth-order valence-corrected chi connectivity index (χ4v) is 2.59. The van der Waals surface area contributed by atoms with Gasteiger partial charge in [-0.2, -0.15) is 5.26 Å². The summed E-state index contributed by atoms with van der Waals surface area (Å²) < 4.78 is 9.95. The average molecular weight is 350 g/mol. The normalized spacial score (nSPS) is 11.2. The Bertz CT molecular complexity index is 805. The molecule has 2 aromatic carbocycles. The van der Waals surface area contributed by atoms with Crippen molar-refractivity contribution in [3.05, 3.63) is 71.8 Å². The van der Waals surface area contributed by atoms with E-state index in [1.807, 2.05) is 60.4 Å². The molecule has 0 N–H and O–H groups in total. The van der Waals surface area contributed by atoms with Crippen LogP contribution in [0, 0.1) is 18.3 Å². The molecule has 0 saturated heterocycles. The maximum atomic E-state index is 11.8. The number of hydrogen-bond donors (Lipinski definition) is 0. The highest BCUT2D eigenvalue weighted by molar-refractivity contribution is 5.88. The van der Waals surface area contributed by atoms with E-state index in [0.717, 1.165) is 16.8 Å². The van der Waals surface area contributed by atoms with Crippen molar-refractivity contribution in [3.63, 3.8) is 0 Å². The van der Waals surface area contributed by atoms with Crippen molar-refractivity contribution in [2.45, 2.75) is 13.0 Å². The molecule has 0 amide bonds. The number of nitriles is 1. The number of esters is 1. The highest BCUT2D eigenvalue weighted by atomic mass is 16.5. The highest BCUT2D eigenvalue weighted by Crippen LogP contribution is 2.29. The Balaban J connectivity index is 2.43. The lowest BCUT2D eigenvalue weighted by atomic mass is 10.0. The summed E-state index contributed by atoms with van der Waals surface area (Å²) in [5, 5.41) is 9.83. The van der Waals surface area contributed by atoms with E-state index in [1.54, 1.807) is 7.11 Å². The van der Waals surface area contributed by atoms with Crippen LogP contribution in [0.2, 0.25) is 0 Å². The molecule has 134 valence electrons. The third-order valence-electron chi connectivity index (χ3n) is 4.07. The first-order valence-corrected chi connectivity index (χ1v) is 8.13. The van der Waals surface area contributed by atoms with E-state index in [4.69, 9.17) is 9.47 Å². The number of methoxy groups -OCH3 is 2. The third-order valence-corrected chi connectivity index (χ3v) is 4.07. The molecule has 2 rings (SSSR count). The molecule has 2 aromatic rings. The zero-order valence-electron chi connectivity index (χ0n) is 15.2. The van der Waals surface area contributed by atoms with E-state index < -0.39 is 12.0 Å². The third kappa shape index (κ3) is 4.42. The number of hydrogen-bond acceptors (Lipinski definition) is 5. The van der Waals surface area contributed by atoms with Gasteiger partial charge in [-0.25, -0.2) is 4.79 Å². The van der Waals surface area contributed by atoms with Gasteiger partial charge in [-0.15, -0.1) is 0 Å². The smallest absolute Gasteiger partial charge is 0.334 e. The van der Waals surface area contributed by atoms with E-state index in [0.29, 0.717) is 5.75 Å². The highest BCUT2D eigenvalue weighted by Gasteiger charge is 2.23. The molecule has 0 radical (unpaired) electrons. The first-order chi connectivity index (χ1) is 12.5. The number of nitrogens with zero attached hydrogens (tertiary/aromatic N) is 2. The van der Waals surface area contributed by atoms with Crippen LogP contribution in [0.3, 0.4) is 0 Å². The fraction of sp³-hybridized carbons (Fsp3) is 0.238. The Morgan fingerprint density at radius 3 is 2.27 bits per heavy atom. The predicted molar refractivity (Wildman–Crippen MR) is 101 cm³/mol. The predicted octanol–water partition coefficient (Wildman–Crippen LogP) is 3.80. The van der Waals surface area contributed by atoms with Gasteiger partial charge in [0.25, 0.3) is 0 Å². The van der Waals surface area contributed by atoms with Gasteiger partial charge in [-0.05, 0) is 36.8 Å². The molecule has 5 nitrogen and oxygen atoms in total. The maximum absolute atomic E-state index is 11.8. The fourth-order valence-electron chi connectivity index (χ4n) is 2.59. The molecule has 0 aromatic heterocycles. The molecule has 0 heterocycles. The van der Waals surface area contributed by atoms with Crippen LogP contribution in [0.1, 0.15) is 17.2 Å². The van der Waals surface area contributed by atoms with Gasteiger partial charge in [0, 0.05) is 11.3 Å². The molecular formula is C21H22N2O3. The minimum atomic E-state index is -0.578. The standard InChI is InChI=1S/C21H22N2O3/c1-15-5-7-17(8-6-15)20(13-22)23(14-16(2)21(24)26-4)18-9-11-19(25-3)12-10-18/h5-12,20H,2,14H2,1,3-4H3. The summed E-state index contributed by atoms with van der Waals surface area (Å²) in [6.45, 7) is 5.96. The molecule has 26 heavy (non-hydrogen) atoms. The molecule has 5 heteroatoms. The van der Waals surface area contributed by atoms with Crippen molar-refractivity contribution < 1.29 is 14.3 Å². The number of anilines is 1. The molecule has 0 spiro atoms. The van der Waals surface area contributed by atoms with E-state index in [-0.39, 0.29) is 12.1 Å². The van der Waals surface area contributed by atoms with Crippen LogP contribution in [0.5, 0.6) is 5.75 Å². The summed E-state index contributed by atoms with van der Waals surface area (Å²) in [5.74, 6) is 0.216. The van der Waals surface area contributed by atoms with Crippen molar-refractivity contribution in [2.24, 2.45) is 0 Å². The molecule has 0 aliphatic rings. The van der Waals surface area contributed by atoms with E-state index in [9.17, 15) is 10.1 Å². The van der Waals surface area contributed by atoms with Gasteiger partial charge in [-0.3, -0.25) is 0 Å². The number of carbonyl (C=O) groups is 1. The van der Waals surface area contributed by atoms with Gasteiger partial charge in [0.05, 0.1) is 26.8 Å². The monoisotopic (exact) mass is 350 g/mol. The molecule has 0 fully saturated rings. The largest absolute Gasteiger partial charge is 0.497 e. The second-order valence-electron chi connectivity index (χ2n) is 5.86. The van der Waals surface area contributed by atoms with Crippen molar-refractivity contribution in [1.82, 2.24) is 0 Å². The molecular weight excluding hydrogens is 328 g/mol. The molecule has 1 atom stereocenters. The Morgan fingerprint density at radius 1 is 1.15 bits per heavy atom. The summed E-state index contributed by atoms with van der Waals surface area (Å²) in [5.41, 5.74) is 3.01. The first-order valence-electron chi connectivity index (χ1n) is 8.13. The van der Waals surface area contributed by atoms with Crippen LogP contribution in [-0.4, -0.2) is 26.7 Å². The number of ether oxygens (including phenoxy) is 2. The van der Waals surface area contributed by atoms with Crippen molar-refractivity contribution in [2.75, 3.05) is 25.7 Å². The topological polar surface area (TPSA) is 62.6 Å². The minimum absolute atomic E-state index is 0.172. The summed E-state index contributed by atoms with van der Waals surface area (Å²) in [6, 6.07) is 16.8. The van der Waals surface area contributed by atoms with Gasteiger partial charge < -0.3 is 14.4 Å². The van der Waals surface area contributed by atoms with Gasteiger partial charge in [0.1, 0.15) is 11.8 Å². The van der Waals surface area contributed by atoms with Gasteiger partial charge >= 0.3 is 5.97 Å². The number of carbonyl (C=O) groups excluding carboxylic acids is 1. The first kappa shape index (κ1) is 19.1. The van der Waals surface area contributed by atoms with Gasteiger partial charge in [0.15, 0.2) is 0 Å². The summed E-state index contributed by atoms with van der Waals surface area (Å²) in [4.78, 5) is 13.6. The lowest BCUT2D eigenvalue weighted by molar-refractivity contribution is -0.136. The lowest BCUT2D eigenvalue weighted by Crippen LogP contribution is -2.31. The van der Waals surface area contributed by atoms with Crippen LogP contribution in [0.25, 0.3) is 0 Å². The zero-order valence-corrected chi connectivity index (χ0v) is 15.2.